The first kappa shape index (κ1) is 20.9. The molecule has 0 aliphatic carbocycles. The summed E-state index contributed by atoms with van der Waals surface area (Å²) >= 11 is 18.0. The number of benzene rings is 2. The summed E-state index contributed by atoms with van der Waals surface area (Å²) < 4.78 is 10.4. The molecule has 0 unspecified atom stereocenters. The number of rotatable bonds is 6. The maximum absolute atomic E-state index is 12.4. The minimum Gasteiger partial charge on any atom is -0.453 e. The van der Waals surface area contributed by atoms with Crippen molar-refractivity contribution in [2.24, 2.45) is 0 Å². The Morgan fingerprint density at radius 3 is 2.38 bits per heavy atom. The van der Waals surface area contributed by atoms with E-state index >= 15 is 0 Å². The van der Waals surface area contributed by atoms with Crippen molar-refractivity contribution in [3.8, 4) is 11.3 Å². The fraction of sp³-hybridized carbons (Fsp3) is 0.0500. The van der Waals surface area contributed by atoms with Crippen molar-refractivity contribution in [1.82, 2.24) is 0 Å². The molecule has 1 heterocycles. The van der Waals surface area contributed by atoms with E-state index in [1.54, 1.807) is 30.3 Å². The van der Waals surface area contributed by atoms with E-state index in [1.165, 1.54) is 18.2 Å². The molecule has 0 fully saturated rings. The van der Waals surface area contributed by atoms with Gasteiger partial charge in [0.2, 0.25) is 0 Å². The zero-order valence-corrected chi connectivity index (χ0v) is 16.8. The van der Waals surface area contributed by atoms with Gasteiger partial charge >= 0.3 is 5.97 Å². The predicted octanol–water partition coefficient (Wildman–Crippen LogP) is 5.51. The van der Waals surface area contributed by atoms with Crippen LogP contribution in [-0.2, 0) is 9.53 Å². The van der Waals surface area contributed by atoms with Gasteiger partial charge in [0.15, 0.2) is 18.7 Å². The average Bonchev–Trinajstić information content (AvgIpc) is 3.18. The quantitative estimate of drug-likeness (QED) is 0.393. The van der Waals surface area contributed by atoms with Crippen molar-refractivity contribution in [3.05, 3.63) is 74.9 Å². The van der Waals surface area contributed by atoms with Crippen LogP contribution in [0.4, 0.5) is 5.69 Å². The number of ether oxygens (including phenoxy) is 1. The van der Waals surface area contributed by atoms with Crippen LogP contribution in [-0.4, -0.2) is 24.8 Å². The van der Waals surface area contributed by atoms with Crippen LogP contribution < -0.4 is 5.32 Å². The van der Waals surface area contributed by atoms with Crippen LogP contribution >= 0.6 is 34.8 Å². The highest BCUT2D eigenvalue weighted by Crippen LogP contribution is 2.30. The lowest BCUT2D eigenvalue weighted by Crippen LogP contribution is -2.21. The van der Waals surface area contributed by atoms with Crippen LogP contribution in [0, 0.1) is 0 Å². The van der Waals surface area contributed by atoms with E-state index in [4.69, 9.17) is 44.0 Å². The number of para-hydroxylation sites is 1. The highest BCUT2D eigenvalue weighted by molar-refractivity contribution is 6.39. The Labute approximate surface area is 180 Å². The number of hydrogen-bond acceptors (Lipinski definition) is 5. The predicted molar refractivity (Wildman–Crippen MR) is 110 cm³/mol. The van der Waals surface area contributed by atoms with E-state index in [9.17, 15) is 14.4 Å². The zero-order chi connectivity index (χ0) is 21.0. The number of aldehydes is 1. The molecule has 9 heteroatoms. The van der Waals surface area contributed by atoms with Crippen molar-refractivity contribution in [2.75, 3.05) is 11.9 Å². The molecule has 0 spiro atoms. The Morgan fingerprint density at radius 2 is 1.72 bits per heavy atom. The molecule has 0 bridgehead atoms. The molecular formula is C20H12Cl3NO5. The van der Waals surface area contributed by atoms with Gasteiger partial charge in [0, 0.05) is 5.56 Å². The third-order valence-electron chi connectivity index (χ3n) is 3.78. The van der Waals surface area contributed by atoms with Crippen LogP contribution in [0.2, 0.25) is 15.1 Å². The molecule has 0 aliphatic heterocycles. The second-order valence-corrected chi connectivity index (χ2v) is 6.96. The van der Waals surface area contributed by atoms with Gasteiger partial charge in [0.25, 0.3) is 5.91 Å². The molecule has 6 nitrogen and oxygen atoms in total. The summed E-state index contributed by atoms with van der Waals surface area (Å²) in [7, 11) is 0. The first-order valence-corrected chi connectivity index (χ1v) is 9.28. The number of carbonyl (C=O) groups excluding carboxylic acids is 3. The number of esters is 1. The Hall–Kier alpha value is -2.80. The lowest BCUT2D eigenvalue weighted by molar-refractivity contribution is -0.119. The van der Waals surface area contributed by atoms with E-state index in [-0.39, 0.29) is 32.1 Å². The van der Waals surface area contributed by atoms with Gasteiger partial charge in [-0.2, -0.15) is 0 Å². The van der Waals surface area contributed by atoms with Crippen LogP contribution in [0.25, 0.3) is 11.3 Å². The van der Waals surface area contributed by atoms with Gasteiger partial charge in [0.1, 0.15) is 5.76 Å². The molecule has 1 N–H and O–H groups in total. The molecule has 0 radical (unpaired) electrons. The first-order valence-electron chi connectivity index (χ1n) is 8.15. The third kappa shape index (κ3) is 4.98. The number of amides is 1. The lowest BCUT2D eigenvalue weighted by Gasteiger charge is -2.10. The highest BCUT2D eigenvalue weighted by atomic mass is 35.5. The Morgan fingerprint density at radius 1 is 1.00 bits per heavy atom. The zero-order valence-electron chi connectivity index (χ0n) is 14.6. The Balaban J connectivity index is 1.69. The van der Waals surface area contributed by atoms with Gasteiger partial charge in [-0.3, -0.25) is 9.59 Å². The average molecular weight is 453 g/mol. The maximum atomic E-state index is 12.4. The van der Waals surface area contributed by atoms with Gasteiger partial charge in [-0.15, -0.1) is 0 Å². The Bertz CT molecular complexity index is 1070. The fourth-order valence-corrected chi connectivity index (χ4v) is 3.09. The molecule has 0 saturated carbocycles. The fourth-order valence-electron chi connectivity index (χ4n) is 2.41. The van der Waals surface area contributed by atoms with Crippen molar-refractivity contribution in [1.29, 1.82) is 0 Å². The van der Waals surface area contributed by atoms with Crippen LogP contribution in [0.5, 0.6) is 0 Å². The van der Waals surface area contributed by atoms with Crippen LogP contribution in [0.15, 0.2) is 52.9 Å². The van der Waals surface area contributed by atoms with E-state index in [0.29, 0.717) is 17.6 Å². The van der Waals surface area contributed by atoms with Crippen molar-refractivity contribution in [2.45, 2.75) is 0 Å². The summed E-state index contributed by atoms with van der Waals surface area (Å²) in [6, 6.07) is 12.4. The normalized spacial score (nSPS) is 10.4. The van der Waals surface area contributed by atoms with Crippen LogP contribution in [0.1, 0.15) is 20.9 Å². The molecule has 148 valence electrons. The summed E-state index contributed by atoms with van der Waals surface area (Å²) in [5.74, 6) is -0.903. The van der Waals surface area contributed by atoms with Gasteiger partial charge in [-0.1, -0.05) is 40.9 Å². The minimum absolute atomic E-state index is 0.0387. The second-order valence-electron chi connectivity index (χ2n) is 5.74. The Kier molecular flexibility index (Phi) is 6.59. The van der Waals surface area contributed by atoms with Crippen molar-refractivity contribution in [3.63, 3.8) is 0 Å². The molecule has 2 aromatic carbocycles. The molecule has 0 atom stereocenters. The molecule has 1 aromatic heterocycles. The molecule has 1 amide bonds. The first-order chi connectivity index (χ1) is 13.9. The van der Waals surface area contributed by atoms with Gasteiger partial charge < -0.3 is 14.5 Å². The van der Waals surface area contributed by atoms with E-state index < -0.39 is 18.5 Å². The SMILES string of the molecule is O=Cc1ccc(-c2ccc(Cl)c(C(=O)OCC(=O)Nc3c(Cl)cccc3Cl)c2)o1. The molecule has 3 rings (SSSR count). The topological polar surface area (TPSA) is 85.6 Å². The third-order valence-corrected chi connectivity index (χ3v) is 4.73. The molecule has 3 aromatic rings. The molecular weight excluding hydrogens is 441 g/mol. The number of furan rings is 1. The van der Waals surface area contributed by atoms with Gasteiger partial charge in [0.05, 0.1) is 26.3 Å². The number of anilines is 1. The van der Waals surface area contributed by atoms with E-state index in [0.717, 1.165) is 0 Å². The molecule has 0 saturated heterocycles. The highest BCUT2D eigenvalue weighted by Gasteiger charge is 2.17. The van der Waals surface area contributed by atoms with Gasteiger partial charge in [-0.25, -0.2) is 4.79 Å². The minimum atomic E-state index is -0.806. The van der Waals surface area contributed by atoms with Crippen molar-refractivity contribution >= 4 is 58.7 Å². The molecule has 29 heavy (non-hydrogen) atoms. The smallest absolute Gasteiger partial charge is 0.340 e. The molecule has 0 aliphatic rings. The summed E-state index contributed by atoms with van der Waals surface area (Å²) in [4.78, 5) is 35.2. The number of halogens is 3. The second kappa shape index (κ2) is 9.13. The van der Waals surface area contributed by atoms with E-state index in [2.05, 4.69) is 5.32 Å². The summed E-state index contributed by atoms with van der Waals surface area (Å²) in [5, 5.41) is 3.12. The van der Waals surface area contributed by atoms with E-state index in [1.807, 2.05) is 0 Å². The number of carbonyl (C=O) groups is 3. The number of hydrogen-bond donors (Lipinski definition) is 1. The summed E-state index contributed by atoms with van der Waals surface area (Å²) in [6.07, 6.45) is 0.568. The van der Waals surface area contributed by atoms with Crippen molar-refractivity contribution < 1.29 is 23.5 Å². The maximum Gasteiger partial charge on any atom is 0.340 e. The summed E-state index contributed by atoms with van der Waals surface area (Å²) in [5.41, 5.74) is 0.777. The van der Waals surface area contributed by atoms with Gasteiger partial charge in [-0.05, 0) is 42.5 Å². The number of nitrogens with one attached hydrogen (secondary N) is 1. The largest absolute Gasteiger partial charge is 0.453 e. The van der Waals surface area contributed by atoms with Crippen LogP contribution in [0.3, 0.4) is 0 Å². The summed E-state index contributed by atoms with van der Waals surface area (Å²) in [6.45, 7) is -0.572. The standard InChI is InChI=1S/C20H12Cl3NO5/c21-14-6-4-11(17-7-5-12(9-25)29-17)8-13(14)20(27)28-10-18(26)24-19-15(22)2-1-3-16(19)23/h1-9H,10H2,(H,24,26). The lowest BCUT2D eigenvalue weighted by atomic mass is 10.1. The monoisotopic (exact) mass is 451 g/mol.